The molecule has 3 amide bonds. The van der Waals surface area contributed by atoms with Gasteiger partial charge in [-0.25, -0.2) is 13.2 Å². The highest BCUT2D eigenvalue weighted by molar-refractivity contribution is 7.79. The van der Waals surface area contributed by atoms with Gasteiger partial charge in [0.05, 0.1) is 11.7 Å². The topological polar surface area (TPSA) is 154 Å². The van der Waals surface area contributed by atoms with E-state index in [0.717, 1.165) is 6.07 Å². The van der Waals surface area contributed by atoms with Crippen molar-refractivity contribution in [1.29, 1.82) is 0 Å². The Morgan fingerprint density at radius 3 is 2.10 bits per heavy atom. The van der Waals surface area contributed by atoms with Crippen LogP contribution in [0.15, 0.2) is 30.3 Å². The van der Waals surface area contributed by atoms with Gasteiger partial charge in [-0.15, -0.1) is 0 Å². The Bertz CT molecular complexity index is 1320. The monoisotopic (exact) mass is 620 g/mol. The van der Waals surface area contributed by atoms with E-state index in [1.807, 2.05) is 0 Å². The van der Waals surface area contributed by atoms with Crippen molar-refractivity contribution in [3.8, 4) is 5.75 Å². The number of hydrogen-bond acceptors (Lipinski definition) is 7. The van der Waals surface area contributed by atoms with Crippen LogP contribution in [0.4, 0.5) is 27.6 Å². The van der Waals surface area contributed by atoms with Crippen molar-refractivity contribution < 1.29 is 54.6 Å². The van der Waals surface area contributed by atoms with Crippen LogP contribution in [0.1, 0.15) is 33.1 Å². The molecular formula is C26H27F5N3O7S-. The van der Waals surface area contributed by atoms with E-state index in [1.165, 1.54) is 18.2 Å². The van der Waals surface area contributed by atoms with Gasteiger partial charge in [-0.3, -0.25) is 23.4 Å². The largest absolute Gasteiger partial charge is 0.772 e. The van der Waals surface area contributed by atoms with Gasteiger partial charge in [-0.1, -0.05) is 37.1 Å². The van der Waals surface area contributed by atoms with Gasteiger partial charge in [0.1, 0.15) is 18.5 Å². The summed E-state index contributed by atoms with van der Waals surface area (Å²) in [5.74, 6) is -15.1. The van der Waals surface area contributed by atoms with Crippen LogP contribution in [-0.2, 0) is 30.3 Å². The Kier molecular flexibility index (Phi) is 13.0. The molecule has 0 radical (unpaired) electrons. The normalized spacial score (nSPS) is 13.2. The molecule has 2 aromatic rings. The molecule has 10 nitrogen and oxygen atoms in total. The summed E-state index contributed by atoms with van der Waals surface area (Å²) in [6, 6.07) is 1.98. The first-order chi connectivity index (χ1) is 19.7. The lowest BCUT2D eigenvalue weighted by atomic mass is 10.0. The fourth-order valence-electron chi connectivity index (χ4n) is 3.58. The van der Waals surface area contributed by atoms with Gasteiger partial charge >= 0.3 is 11.8 Å². The second kappa shape index (κ2) is 15.9. The molecule has 0 aliphatic heterocycles. The number of halogens is 5. The first-order valence-corrected chi connectivity index (χ1v) is 13.7. The SMILES string of the molecule is CC(C)C[C@H](NC(=O)C(=O)Nc1ccccc1F)C(=O)N[C@@H](CCCS(=O)[O-])C(=O)COc1c(F)c(F)cc(F)c1F. The lowest BCUT2D eigenvalue weighted by Crippen LogP contribution is -2.54. The smallest absolute Gasteiger partial charge is 0.313 e. The summed E-state index contributed by atoms with van der Waals surface area (Å²) in [6.45, 7) is 2.16. The second-order valence-corrected chi connectivity index (χ2v) is 10.4. The highest BCUT2D eigenvalue weighted by Gasteiger charge is 2.30. The van der Waals surface area contributed by atoms with Crippen LogP contribution in [0.25, 0.3) is 0 Å². The molecule has 1 unspecified atom stereocenters. The number of rotatable bonds is 14. The van der Waals surface area contributed by atoms with Crippen LogP contribution in [0.2, 0.25) is 0 Å². The third-order valence-electron chi connectivity index (χ3n) is 5.60. The minimum Gasteiger partial charge on any atom is -0.772 e. The van der Waals surface area contributed by atoms with Crippen LogP contribution >= 0.6 is 0 Å². The van der Waals surface area contributed by atoms with Gasteiger partial charge in [0.2, 0.25) is 17.5 Å². The molecular weight excluding hydrogens is 593 g/mol. The maximum Gasteiger partial charge on any atom is 0.313 e. The van der Waals surface area contributed by atoms with E-state index >= 15 is 0 Å². The van der Waals surface area contributed by atoms with Crippen molar-refractivity contribution in [1.82, 2.24) is 10.6 Å². The van der Waals surface area contributed by atoms with E-state index in [-0.39, 0.29) is 36.9 Å². The zero-order valence-electron chi connectivity index (χ0n) is 22.3. The van der Waals surface area contributed by atoms with Crippen LogP contribution in [0.5, 0.6) is 5.75 Å². The molecule has 0 fully saturated rings. The highest BCUT2D eigenvalue weighted by atomic mass is 32.2. The molecule has 42 heavy (non-hydrogen) atoms. The van der Waals surface area contributed by atoms with E-state index in [1.54, 1.807) is 13.8 Å². The molecule has 3 atom stereocenters. The number of para-hydroxylation sites is 1. The zero-order chi connectivity index (χ0) is 31.6. The van der Waals surface area contributed by atoms with Gasteiger partial charge in [-0.05, 0) is 37.3 Å². The quantitative estimate of drug-likeness (QED) is 0.127. The predicted molar refractivity (Wildman–Crippen MR) is 138 cm³/mol. The number of ether oxygens (including phenoxy) is 1. The Labute approximate surface area is 239 Å². The molecule has 3 N–H and O–H groups in total. The minimum atomic E-state index is -2.52. The van der Waals surface area contributed by atoms with Crippen LogP contribution < -0.4 is 20.7 Å². The lowest BCUT2D eigenvalue weighted by Gasteiger charge is -2.24. The molecule has 0 bridgehead atoms. The van der Waals surface area contributed by atoms with Crippen LogP contribution in [0, 0.1) is 35.0 Å². The number of amides is 3. The second-order valence-electron chi connectivity index (χ2n) is 9.35. The predicted octanol–water partition coefficient (Wildman–Crippen LogP) is 2.64. The summed E-state index contributed by atoms with van der Waals surface area (Å²) in [7, 11) is 0. The Balaban J connectivity index is 2.18. The van der Waals surface area contributed by atoms with Crippen molar-refractivity contribution in [2.75, 3.05) is 17.7 Å². The minimum absolute atomic E-state index is 0.0501. The number of hydrogen-bond donors (Lipinski definition) is 3. The molecule has 0 saturated heterocycles. The van der Waals surface area contributed by atoms with E-state index in [0.29, 0.717) is 0 Å². The number of Topliss-reactive ketones (excluding diaryl/α,β-unsaturated/α-hetero) is 1. The Morgan fingerprint density at radius 1 is 0.905 bits per heavy atom. The van der Waals surface area contributed by atoms with Gasteiger partial charge in [0.15, 0.2) is 23.2 Å². The van der Waals surface area contributed by atoms with Crippen molar-refractivity contribution in [3.63, 3.8) is 0 Å². The van der Waals surface area contributed by atoms with Gasteiger partial charge in [-0.2, -0.15) is 8.78 Å². The average Bonchev–Trinajstić information content (AvgIpc) is 2.91. The summed E-state index contributed by atoms with van der Waals surface area (Å²) >= 11 is -2.52. The molecule has 2 aromatic carbocycles. The van der Waals surface area contributed by atoms with Gasteiger partial charge < -0.3 is 25.2 Å². The van der Waals surface area contributed by atoms with Crippen LogP contribution in [0.3, 0.4) is 0 Å². The zero-order valence-corrected chi connectivity index (χ0v) is 23.1. The molecule has 0 saturated carbocycles. The van der Waals surface area contributed by atoms with Crippen molar-refractivity contribution in [2.24, 2.45) is 5.92 Å². The van der Waals surface area contributed by atoms with Crippen LogP contribution in [-0.4, -0.2) is 56.7 Å². The Hall–Kier alpha value is -3.92. The number of benzene rings is 2. The summed E-state index contributed by atoms with van der Waals surface area (Å²) in [4.78, 5) is 50.7. The van der Waals surface area contributed by atoms with E-state index < -0.39 is 93.9 Å². The first-order valence-electron chi connectivity index (χ1n) is 12.4. The lowest BCUT2D eigenvalue weighted by molar-refractivity contribution is -0.138. The van der Waals surface area contributed by atoms with Crippen molar-refractivity contribution in [2.45, 2.75) is 45.2 Å². The summed E-state index contributed by atoms with van der Waals surface area (Å²) in [6.07, 6.45) is -0.539. The third-order valence-corrected chi connectivity index (χ3v) is 6.22. The van der Waals surface area contributed by atoms with Crippen molar-refractivity contribution in [3.05, 3.63) is 59.4 Å². The summed E-state index contributed by atoms with van der Waals surface area (Å²) < 4.78 is 95.1. The van der Waals surface area contributed by atoms with E-state index in [4.69, 9.17) is 0 Å². The fourth-order valence-corrected chi connectivity index (χ4v) is 3.98. The molecule has 0 aromatic heterocycles. The first kappa shape index (κ1) is 34.3. The van der Waals surface area contributed by atoms with Gasteiger partial charge in [0, 0.05) is 11.8 Å². The molecule has 0 aliphatic rings. The highest BCUT2D eigenvalue weighted by Crippen LogP contribution is 2.26. The molecule has 2 rings (SSSR count). The van der Waals surface area contributed by atoms with E-state index in [9.17, 15) is 49.9 Å². The molecule has 0 aliphatic carbocycles. The molecule has 0 spiro atoms. The number of anilines is 1. The Morgan fingerprint density at radius 2 is 1.52 bits per heavy atom. The summed E-state index contributed by atoms with van der Waals surface area (Å²) in [5, 5.41) is 6.51. The number of ketones is 1. The number of carbonyl (C=O) groups excluding carboxylic acids is 4. The maximum atomic E-state index is 13.9. The standard InChI is InChI=1S/C26H28F5N3O7S/c1-13(2)10-19(34-26(38)25(37)32-17-7-4-3-6-14(17)27)24(36)33-18(8-5-9-42(39)40)20(35)12-41-23-21(30)15(28)11-16(29)22(23)31/h3-4,6-7,11,13,18-19H,5,8-10,12H2,1-2H3,(H,32,37)(H,33,36)(H,34,38)(H,39,40)/p-1/t18-,19-/m0/s1. The molecule has 0 heterocycles. The molecule has 230 valence electrons. The third kappa shape index (κ3) is 10.2. The number of carbonyl (C=O) groups is 4. The summed E-state index contributed by atoms with van der Waals surface area (Å²) in [5.41, 5.74) is -0.296. The fraction of sp³-hybridized carbons (Fsp3) is 0.385. The number of nitrogens with one attached hydrogen (secondary N) is 3. The van der Waals surface area contributed by atoms with Gasteiger partial charge in [0.25, 0.3) is 0 Å². The van der Waals surface area contributed by atoms with E-state index in [2.05, 4.69) is 20.7 Å². The average molecular weight is 621 g/mol. The maximum absolute atomic E-state index is 13.9. The van der Waals surface area contributed by atoms with Crippen molar-refractivity contribution >= 4 is 40.3 Å². The molecule has 16 heteroatoms.